The molecule has 5 nitrogen and oxygen atoms in total. The van der Waals surface area contributed by atoms with Crippen molar-refractivity contribution in [1.29, 1.82) is 0 Å². The Morgan fingerprint density at radius 3 is 2.09 bits per heavy atom. The van der Waals surface area contributed by atoms with E-state index in [-0.39, 0.29) is 16.8 Å². The Kier molecular flexibility index (Phi) is 7.64. The second-order valence-electron chi connectivity index (χ2n) is 7.54. The first kappa shape index (κ1) is 23.9. The summed E-state index contributed by atoms with van der Waals surface area (Å²) < 4.78 is 27.1. The lowest BCUT2D eigenvalue weighted by Gasteiger charge is -2.20. The Morgan fingerprint density at radius 1 is 0.969 bits per heavy atom. The molecular formula is C25H28N2O3S2. The lowest BCUT2D eigenvalue weighted by Crippen LogP contribution is -2.28. The predicted octanol–water partition coefficient (Wildman–Crippen LogP) is 5.42. The van der Waals surface area contributed by atoms with E-state index >= 15 is 0 Å². The van der Waals surface area contributed by atoms with Crippen molar-refractivity contribution in [3.8, 4) is 0 Å². The van der Waals surface area contributed by atoms with Crippen LogP contribution in [-0.4, -0.2) is 27.6 Å². The van der Waals surface area contributed by atoms with E-state index in [1.807, 2.05) is 44.4 Å². The first-order valence-electron chi connectivity index (χ1n) is 10.4. The largest absolute Gasteiger partial charge is 0.345 e. The molecule has 0 radical (unpaired) electrons. The fourth-order valence-electron chi connectivity index (χ4n) is 3.33. The van der Waals surface area contributed by atoms with Crippen molar-refractivity contribution >= 4 is 33.4 Å². The monoisotopic (exact) mass is 468 g/mol. The van der Waals surface area contributed by atoms with Crippen LogP contribution in [0.25, 0.3) is 0 Å². The van der Waals surface area contributed by atoms with Crippen LogP contribution in [0.2, 0.25) is 0 Å². The number of rotatable bonds is 8. The molecule has 0 bridgehead atoms. The topological polar surface area (TPSA) is 66.5 Å². The van der Waals surface area contributed by atoms with E-state index in [2.05, 4.69) is 5.32 Å². The summed E-state index contributed by atoms with van der Waals surface area (Å²) >= 11 is 1.56. The minimum Gasteiger partial charge on any atom is -0.345 e. The highest BCUT2D eigenvalue weighted by molar-refractivity contribution is 7.98. The Morgan fingerprint density at radius 2 is 1.56 bits per heavy atom. The number of carbonyl (C=O) groups is 1. The molecule has 3 aromatic rings. The molecule has 168 valence electrons. The zero-order chi connectivity index (χ0) is 23.3. The van der Waals surface area contributed by atoms with Crippen LogP contribution in [0.4, 0.5) is 5.69 Å². The van der Waals surface area contributed by atoms with Crippen molar-refractivity contribution in [2.75, 3.05) is 17.6 Å². The van der Waals surface area contributed by atoms with Crippen LogP contribution in [-0.2, 0) is 10.0 Å². The summed E-state index contributed by atoms with van der Waals surface area (Å²) in [5.41, 5.74) is 3.20. The highest BCUT2D eigenvalue weighted by Gasteiger charge is 2.22. The summed E-state index contributed by atoms with van der Waals surface area (Å²) in [5.74, 6) is -0.192. The number of aryl methyl sites for hydroxylation is 1. The Labute approximate surface area is 194 Å². The summed E-state index contributed by atoms with van der Waals surface area (Å²) in [6.07, 6.45) is 2.71. The van der Waals surface area contributed by atoms with E-state index in [1.165, 1.54) is 16.9 Å². The molecule has 1 atom stereocenters. The van der Waals surface area contributed by atoms with Gasteiger partial charge in [-0.3, -0.25) is 9.10 Å². The molecule has 3 aromatic carbocycles. The minimum absolute atomic E-state index is 0.0879. The number of sulfonamides is 1. The summed E-state index contributed by atoms with van der Waals surface area (Å²) in [5, 5.41) is 3.06. The maximum atomic E-state index is 13.0. The molecule has 32 heavy (non-hydrogen) atoms. The van der Waals surface area contributed by atoms with Gasteiger partial charge in [0, 0.05) is 17.5 Å². The molecule has 0 aliphatic heterocycles. The number of anilines is 1. The quantitative estimate of drug-likeness (QED) is 0.448. The van der Waals surface area contributed by atoms with Gasteiger partial charge in [0.2, 0.25) is 0 Å². The Bertz CT molecular complexity index is 1160. The number of nitrogens with zero attached hydrogens (tertiary/aromatic N) is 1. The molecule has 0 aliphatic rings. The third kappa shape index (κ3) is 5.34. The van der Waals surface area contributed by atoms with E-state index in [0.717, 1.165) is 16.9 Å². The van der Waals surface area contributed by atoms with Gasteiger partial charge in [-0.2, -0.15) is 0 Å². The van der Waals surface area contributed by atoms with Crippen molar-refractivity contribution in [3.05, 3.63) is 89.5 Å². The van der Waals surface area contributed by atoms with Crippen LogP contribution in [0.1, 0.15) is 40.9 Å². The van der Waals surface area contributed by atoms with Gasteiger partial charge in [0.05, 0.1) is 16.6 Å². The number of amides is 1. The van der Waals surface area contributed by atoms with Gasteiger partial charge in [-0.15, -0.1) is 11.8 Å². The third-order valence-corrected chi connectivity index (χ3v) is 7.95. The second kappa shape index (κ2) is 10.2. The first-order chi connectivity index (χ1) is 15.3. The van der Waals surface area contributed by atoms with E-state index in [1.54, 1.807) is 60.3 Å². The molecule has 0 saturated heterocycles. The predicted molar refractivity (Wildman–Crippen MR) is 132 cm³/mol. The number of carbonyl (C=O) groups excluding carboxylic acids is 1. The molecule has 0 saturated carbocycles. The van der Waals surface area contributed by atoms with Gasteiger partial charge in [0.25, 0.3) is 15.9 Å². The maximum Gasteiger partial charge on any atom is 0.264 e. The van der Waals surface area contributed by atoms with Gasteiger partial charge in [-0.1, -0.05) is 36.8 Å². The lowest BCUT2D eigenvalue weighted by atomic mass is 10.0. The number of hydrogen-bond acceptors (Lipinski definition) is 4. The number of thioether (sulfide) groups is 1. The van der Waals surface area contributed by atoms with Gasteiger partial charge in [-0.05, 0) is 73.7 Å². The zero-order valence-electron chi connectivity index (χ0n) is 18.7. The standard InChI is InChI=1S/C25H28N2O3S2/c1-5-24(19-8-6-18(2)7-9-19)26-25(28)20-10-12-21(13-11-20)27(3)32(29,30)23-16-14-22(31-4)15-17-23/h6-17,24H,5H2,1-4H3,(H,26,28). The van der Waals surface area contributed by atoms with Crippen LogP contribution < -0.4 is 9.62 Å². The molecular weight excluding hydrogens is 440 g/mol. The van der Waals surface area contributed by atoms with E-state index < -0.39 is 10.0 Å². The van der Waals surface area contributed by atoms with Crippen molar-refractivity contribution in [2.24, 2.45) is 0 Å². The molecule has 0 aromatic heterocycles. The number of nitrogens with one attached hydrogen (secondary N) is 1. The normalized spacial score (nSPS) is 12.2. The number of benzene rings is 3. The van der Waals surface area contributed by atoms with E-state index in [4.69, 9.17) is 0 Å². The van der Waals surface area contributed by atoms with Gasteiger partial charge in [0.15, 0.2) is 0 Å². The molecule has 1 amide bonds. The van der Waals surface area contributed by atoms with Crippen LogP contribution in [0, 0.1) is 6.92 Å². The van der Waals surface area contributed by atoms with Gasteiger partial charge in [0.1, 0.15) is 0 Å². The van der Waals surface area contributed by atoms with Crippen molar-refractivity contribution < 1.29 is 13.2 Å². The summed E-state index contributed by atoms with van der Waals surface area (Å²) in [7, 11) is -2.18. The summed E-state index contributed by atoms with van der Waals surface area (Å²) in [4.78, 5) is 14.0. The smallest absolute Gasteiger partial charge is 0.264 e. The van der Waals surface area contributed by atoms with E-state index in [0.29, 0.717) is 11.3 Å². The third-order valence-electron chi connectivity index (χ3n) is 5.40. The van der Waals surface area contributed by atoms with Crippen LogP contribution in [0.15, 0.2) is 82.6 Å². The molecule has 1 N–H and O–H groups in total. The average Bonchev–Trinajstić information content (AvgIpc) is 2.82. The highest BCUT2D eigenvalue weighted by atomic mass is 32.2. The minimum atomic E-state index is -3.69. The Balaban J connectivity index is 1.74. The van der Waals surface area contributed by atoms with Crippen molar-refractivity contribution in [3.63, 3.8) is 0 Å². The van der Waals surface area contributed by atoms with Gasteiger partial charge in [-0.25, -0.2) is 8.42 Å². The molecule has 1 unspecified atom stereocenters. The molecule has 0 spiro atoms. The molecule has 0 fully saturated rings. The zero-order valence-corrected chi connectivity index (χ0v) is 20.3. The lowest BCUT2D eigenvalue weighted by molar-refractivity contribution is 0.0935. The average molecular weight is 469 g/mol. The Hall–Kier alpha value is -2.77. The second-order valence-corrected chi connectivity index (χ2v) is 10.4. The highest BCUT2D eigenvalue weighted by Crippen LogP contribution is 2.25. The SMILES string of the molecule is CCC(NC(=O)c1ccc(N(C)S(=O)(=O)c2ccc(SC)cc2)cc1)c1ccc(C)cc1. The van der Waals surface area contributed by atoms with Crippen LogP contribution >= 0.6 is 11.8 Å². The molecule has 3 rings (SSSR count). The maximum absolute atomic E-state index is 13.0. The first-order valence-corrected chi connectivity index (χ1v) is 13.0. The molecule has 0 aliphatic carbocycles. The van der Waals surface area contributed by atoms with Crippen LogP contribution in [0.3, 0.4) is 0 Å². The fourth-order valence-corrected chi connectivity index (χ4v) is 4.93. The van der Waals surface area contributed by atoms with Gasteiger partial charge < -0.3 is 5.32 Å². The molecule has 0 heterocycles. The van der Waals surface area contributed by atoms with Crippen molar-refractivity contribution in [1.82, 2.24) is 5.32 Å². The van der Waals surface area contributed by atoms with Crippen LogP contribution in [0.5, 0.6) is 0 Å². The number of hydrogen-bond donors (Lipinski definition) is 1. The molecule has 7 heteroatoms. The summed E-state index contributed by atoms with van der Waals surface area (Å²) in [6, 6.07) is 21.4. The van der Waals surface area contributed by atoms with E-state index in [9.17, 15) is 13.2 Å². The van der Waals surface area contributed by atoms with Crippen molar-refractivity contribution in [2.45, 2.75) is 36.1 Å². The fraction of sp³-hybridized carbons (Fsp3) is 0.240. The summed E-state index contributed by atoms with van der Waals surface area (Å²) in [6.45, 7) is 4.06. The van der Waals surface area contributed by atoms with Gasteiger partial charge >= 0.3 is 0 Å².